The Morgan fingerprint density at radius 2 is 1.96 bits per heavy atom. The van der Waals surface area contributed by atoms with Gasteiger partial charge in [0.1, 0.15) is 12.4 Å². The zero-order valence-electron chi connectivity index (χ0n) is 16.4. The zero-order valence-corrected chi connectivity index (χ0v) is 16.4. The number of benzene rings is 1. The Hall–Kier alpha value is -2.63. The molecular weight excluding hydrogens is 340 g/mol. The SMILES string of the molecule is Cc1cc(C)cc(OCCNC(=O)[C@H]2CCCN(c3ccc(C)nn3)C2)c1. The third-order valence-electron chi connectivity index (χ3n) is 4.77. The second-order valence-corrected chi connectivity index (χ2v) is 7.28. The lowest BCUT2D eigenvalue weighted by Crippen LogP contribution is -2.44. The van der Waals surface area contributed by atoms with Gasteiger partial charge in [-0.1, -0.05) is 6.07 Å². The first-order valence-electron chi connectivity index (χ1n) is 9.55. The number of nitrogens with one attached hydrogen (secondary N) is 1. The molecule has 3 rings (SSSR count). The molecule has 1 aliphatic heterocycles. The summed E-state index contributed by atoms with van der Waals surface area (Å²) < 4.78 is 5.76. The summed E-state index contributed by atoms with van der Waals surface area (Å²) in [6, 6.07) is 10.1. The van der Waals surface area contributed by atoms with E-state index in [1.807, 2.05) is 31.2 Å². The lowest BCUT2D eigenvalue weighted by Gasteiger charge is -2.32. The summed E-state index contributed by atoms with van der Waals surface area (Å²) in [5, 5.41) is 11.4. The van der Waals surface area contributed by atoms with Crippen LogP contribution >= 0.6 is 0 Å². The molecule has 2 heterocycles. The number of nitrogens with zero attached hydrogens (tertiary/aromatic N) is 3. The number of aryl methyl sites for hydroxylation is 3. The maximum atomic E-state index is 12.5. The van der Waals surface area contributed by atoms with Crippen molar-refractivity contribution in [1.82, 2.24) is 15.5 Å². The largest absolute Gasteiger partial charge is 0.492 e. The lowest BCUT2D eigenvalue weighted by atomic mass is 9.97. The maximum Gasteiger partial charge on any atom is 0.225 e. The molecule has 1 amide bonds. The minimum atomic E-state index is -0.0249. The molecule has 1 aromatic heterocycles. The molecule has 0 radical (unpaired) electrons. The average molecular weight is 368 g/mol. The van der Waals surface area contributed by atoms with Crippen molar-refractivity contribution in [2.45, 2.75) is 33.6 Å². The summed E-state index contributed by atoms with van der Waals surface area (Å²) in [6.07, 6.45) is 1.88. The molecule has 0 saturated carbocycles. The number of rotatable bonds is 6. The van der Waals surface area contributed by atoms with Gasteiger partial charge in [-0.25, -0.2) is 0 Å². The minimum Gasteiger partial charge on any atom is -0.492 e. The van der Waals surface area contributed by atoms with Crippen LogP contribution in [0.15, 0.2) is 30.3 Å². The van der Waals surface area contributed by atoms with E-state index in [0.29, 0.717) is 19.7 Å². The van der Waals surface area contributed by atoms with Crippen molar-refractivity contribution in [2.24, 2.45) is 5.92 Å². The zero-order chi connectivity index (χ0) is 19.2. The number of carbonyl (C=O) groups is 1. The highest BCUT2D eigenvalue weighted by Gasteiger charge is 2.26. The van der Waals surface area contributed by atoms with Crippen LogP contribution in [-0.4, -0.2) is 42.3 Å². The van der Waals surface area contributed by atoms with Gasteiger partial charge in [0.2, 0.25) is 5.91 Å². The number of aromatic nitrogens is 2. The van der Waals surface area contributed by atoms with Gasteiger partial charge in [0.05, 0.1) is 18.2 Å². The number of amides is 1. The molecule has 1 aromatic carbocycles. The van der Waals surface area contributed by atoms with Crippen molar-refractivity contribution >= 4 is 11.7 Å². The van der Waals surface area contributed by atoms with Crippen LogP contribution in [0.4, 0.5) is 5.82 Å². The highest BCUT2D eigenvalue weighted by Crippen LogP contribution is 2.21. The number of piperidine rings is 1. The van der Waals surface area contributed by atoms with Gasteiger partial charge in [-0.3, -0.25) is 4.79 Å². The molecule has 2 aromatic rings. The van der Waals surface area contributed by atoms with Crippen LogP contribution in [0.25, 0.3) is 0 Å². The van der Waals surface area contributed by atoms with E-state index in [0.717, 1.165) is 36.6 Å². The molecule has 1 fully saturated rings. The van der Waals surface area contributed by atoms with Crippen LogP contribution in [-0.2, 0) is 4.79 Å². The summed E-state index contributed by atoms with van der Waals surface area (Å²) in [6.45, 7) is 8.59. The minimum absolute atomic E-state index is 0.0249. The van der Waals surface area contributed by atoms with Gasteiger partial charge in [0.25, 0.3) is 0 Å². The van der Waals surface area contributed by atoms with Crippen LogP contribution in [0.5, 0.6) is 5.75 Å². The molecule has 1 saturated heterocycles. The topological polar surface area (TPSA) is 67.3 Å². The lowest BCUT2D eigenvalue weighted by molar-refractivity contribution is -0.125. The Morgan fingerprint density at radius 1 is 1.19 bits per heavy atom. The number of anilines is 1. The van der Waals surface area contributed by atoms with Gasteiger partial charge in [0, 0.05) is 13.1 Å². The average Bonchev–Trinajstić information content (AvgIpc) is 2.65. The van der Waals surface area contributed by atoms with Crippen molar-refractivity contribution in [3.63, 3.8) is 0 Å². The standard InChI is InChI=1S/C21H28N4O2/c1-15-11-16(2)13-19(12-15)27-10-8-22-21(26)18-5-4-9-25(14-18)20-7-6-17(3)23-24-20/h6-7,11-13,18H,4-5,8-10,14H2,1-3H3,(H,22,26)/t18-/m0/s1. The highest BCUT2D eigenvalue weighted by atomic mass is 16.5. The Kier molecular flexibility index (Phi) is 6.27. The van der Waals surface area contributed by atoms with Gasteiger partial charge in [-0.05, 0) is 69.0 Å². The van der Waals surface area contributed by atoms with Crippen LogP contribution in [0.2, 0.25) is 0 Å². The second-order valence-electron chi connectivity index (χ2n) is 7.28. The first kappa shape index (κ1) is 19.1. The van der Waals surface area contributed by atoms with Gasteiger partial charge in [0.15, 0.2) is 5.82 Å². The van der Waals surface area contributed by atoms with Crippen molar-refractivity contribution in [3.8, 4) is 5.75 Å². The van der Waals surface area contributed by atoms with Crippen molar-refractivity contribution in [2.75, 3.05) is 31.1 Å². The first-order chi connectivity index (χ1) is 13.0. The Bertz CT molecular complexity index is 756. The van der Waals surface area contributed by atoms with E-state index in [4.69, 9.17) is 4.74 Å². The van der Waals surface area contributed by atoms with Crippen molar-refractivity contribution in [1.29, 1.82) is 0 Å². The van der Waals surface area contributed by atoms with Gasteiger partial charge in [-0.15, -0.1) is 5.10 Å². The van der Waals surface area contributed by atoms with Gasteiger partial charge < -0.3 is 15.0 Å². The van der Waals surface area contributed by atoms with E-state index in [9.17, 15) is 4.79 Å². The fourth-order valence-electron chi connectivity index (χ4n) is 3.46. The van der Waals surface area contributed by atoms with E-state index >= 15 is 0 Å². The summed E-state index contributed by atoms with van der Waals surface area (Å²) in [4.78, 5) is 14.7. The number of carbonyl (C=O) groups excluding carboxylic acids is 1. The van der Waals surface area contributed by atoms with Crippen molar-refractivity contribution in [3.05, 3.63) is 47.2 Å². The van der Waals surface area contributed by atoms with E-state index in [-0.39, 0.29) is 11.8 Å². The molecule has 1 atom stereocenters. The van der Waals surface area contributed by atoms with Crippen LogP contribution in [0, 0.1) is 26.7 Å². The normalized spacial score (nSPS) is 16.9. The third kappa shape index (κ3) is 5.42. The molecule has 0 bridgehead atoms. The van der Waals surface area contributed by atoms with Gasteiger partial charge in [-0.2, -0.15) is 5.10 Å². The molecule has 144 valence electrons. The molecule has 6 nitrogen and oxygen atoms in total. The fourth-order valence-corrected chi connectivity index (χ4v) is 3.46. The summed E-state index contributed by atoms with van der Waals surface area (Å²) in [5.74, 6) is 1.76. The molecule has 6 heteroatoms. The smallest absolute Gasteiger partial charge is 0.225 e. The van der Waals surface area contributed by atoms with Crippen LogP contribution in [0.3, 0.4) is 0 Å². The van der Waals surface area contributed by atoms with E-state index in [2.05, 4.69) is 40.3 Å². The maximum absolute atomic E-state index is 12.5. The van der Waals surface area contributed by atoms with Crippen molar-refractivity contribution < 1.29 is 9.53 Å². The van der Waals surface area contributed by atoms with E-state index in [1.165, 1.54) is 11.1 Å². The predicted octanol–water partition coefficient (Wildman–Crippen LogP) is 2.81. The molecule has 1 aliphatic rings. The summed E-state index contributed by atoms with van der Waals surface area (Å²) in [7, 11) is 0. The third-order valence-corrected chi connectivity index (χ3v) is 4.77. The second kappa shape index (κ2) is 8.84. The van der Waals surface area contributed by atoms with E-state index in [1.54, 1.807) is 0 Å². The molecule has 0 spiro atoms. The first-order valence-corrected chi connectivity index (χ1v) is 9.55. The predicted molar refractivity (Wildman–Crippen MR) is 106 cm³/mol. The quantitative estimate of drug-likeness (QED) is 0.794. The molecule has 1 N–H and O–H groups in total. The fraction of sp³-hybridized carbons (Fsp3) is 0.476. The monoisotopic (exact) mass is 368 g/mol. The molecular formula is C21H28N4O2. The molecule has 0 aliphatic carbocycles. The Morgan fingerprint density at radius 3 is 2.67 bits per heavy atom. The Balaban J connectivity index is 1.45. The van der Waals surface area contributed by atoms with Gasteiger partial charge >= 0.3 is 0 Å². The molecule has 0 unspecified atom stereocenters. The number of hydrogen-bond donors (Lipinski definition) is 1. The summed E-state index contributed by atoms with van der Waals surface area (Å²) >= 11 is 0. The Labute approximate surface area is 160 Å². The summed E-state index contributed by atoms with van der Waals surface area (Å²) in [5.41, 5.74) is 3.25. The number of ether oxygens (including phenoxy) is 1. The highest BCUT2D eigenvalue weighted by molar-refractivity contribution is 5.79. The van der Waals surface area contributed by atoms with E-state index < -0.39 is 0 Å². The number of hydrogen-bond acceptors (Lipinski definition) is 5. The van der Waals surface area contributed by atoms with Crippen LogP contribution < -0.4 is 15.0 Å². The van der Waals surface area contributed by atoms with Crippen LogP contribution in [0.1, 0.15) is 29.7 Å². The molecule has 27 heavy (non-hydrogen) atoms.